The Kier molecular flexibility index (Phi) is 11.6. The maximum atomic E-state index is 13.4. The summed E-state index contributed by atoms with van der Waals surface area (Å²) in [6.07, 6.45) is 3.79. The number of rotatable bonds is 13. The predicted molar refractivity (Wildman–Crippen MR) is 156 cm³/mol. The van der Waals surface area contributed by atoms with Crippen LogP contribution in [0.5, 0.6) is 0 Å². The summed E-state index contributed by atoms with van der Waals surface area (Å²) < 4.78 is 0. The van der Waals surface area contributed by atoms with Gasteiger partial charge in [0, 0.05) is 66.8 Å². The van der Waals surface area contributed by atoms with Crippen LogP contribution in [0.15, 0.2) is 41.0 Å². The van der Waals surface area contributed by atoms with Crippen molar-refractivity contribution in [2.45, 2.75) is 60.7 Å². The van der Waals surface area contributed by atoms with Crippen molar-refractivity contribution in [3.05, 3.63) is 80.0 Å². The van der Waals surface area contributed by atoms with E-state index in [1.54, 1.807) is 0 Å². The van der Waals surface area contributed by atoms with Crippen molar-refractivity contribution in [3.63, 3.8) is 0 Å². The van der Waals surface area contributed by atoms with Gasteiger partial charge in [0.1, 0.15) is 0 Å². The molecule has 208 valence electrons. The van der Waals surface area contributed by atoms with Gasteiger partial charge in [-0.3, -0.25) is 20.9 Å². The average molecular weight is 525 g/mol. The summed E-state index contributed by atoms with van der Waals surface area (Å²) in [6, 6.07) is 5.86. The second kappa shape index (κ2) is 14.4. The molecule has 0 aliphatic rings. The number of carbonyl (C=O) groups is 1. The molecule has 1 aromatic heterocycles. The first-order chi connectivity index (χ1) is 18.0. The molecule has 1 aromatic carbocycles. The Morgan fingerprint density at radius 3 is 2.45 bits per heavy atom. The number of anilines is 1. The van der Waals surface area contributed by atoms with Gasteiger partial charge < -0.3 is 32.0 Å². The van der Waals surface area contributed by atoms with Crippen LogP contribution in [0.3, 0.4) is 0 Å². The van der Waals surface area contributed by atoms with Gasteiger partial charge in [0.25, 0.3) is 11.5 Å². The number of likely N-dealkylation sites (N-methyl/N-ethyl adjacent to an activating group) is 1. The lowest BCUT2D eigenvalue weighted by atomic mass is 9.96. The maximum absolute atomic E-state index is 13.4. The average Bonchev–Trinajstić information content (AvgIpc) is 2.86. The van der Waals surface area contributed by atoms with Gasteiger partial charge in [-0.15, -0.1) is 0 Å². The molecule has 2 aromatic rings. The highest BCUT2D eigenvalue weighted by atomic mass is 16.1. The zero-order valence-corrected chi connectivity index (χ0v) is 23.5. The Morgan fingerprint density at radius 2 is 1.87 bits per heavy atom. The van der Waals surface area contributed by atoms with E-state index in [4.69, 9.17) is 17.3 Å². The lowest BCUT2D eigenvalue weighted by Gasteiger charge is -2.22. The molecule has 38 heavy (non-hydrogen) atoms. The molecule has 10 N–H and O–H groups in total. The molecule has 0 radical (unpaired) electrons. The molecule has 0 aliphatic carbocycles. The summed E-state index contributed by atoms with van der Waals surface area (Å²) in [7, 11) is 0. The molecule has 1 amide bonds. The summed E-state index contributed by atoms with van der Waals surface area (Å²) in [6.45, 7) is 14.1. The minimum atomic E-state index is -0.298. The van der Waals surface area contributed by atoms with E-state index in [-0.39, 0.29) is 30.6 Å². The zero-order valence-electron chi connectivity index (χ0n) is 23.5. The van der Waals surface area contributed by atoms with Crippen LogP contribution in [0.2, 0.25) is 0 Å². The molecule has 0 saturated heterocycles. The number of benzene rings is 1. The molecule has 0 aliphatic heterocycles. The summed E-state index contributed by atoms with van der Waals surface area (Å²) >= 11 is 0. The number of nitrogens with one attached hydrogen (secondary N) is 4. The number of amides is 1. The third-order valence-corrected chi connectivity index (χ3v) is 6.29. The van der Waals surface area contributed by atoms with Gasteiger partial charge in [-0.05, 0) is 82.5 Å². The fourth-order valence-corrected chi connectivity index (χ4v) is 4.21. The summed E-state index contributed by atoms with van der Waals surface area (Å²) in [5.41, 5.74) is 20.7. The van der Waals surface area contributed by atoms with Gasteiger partial charge in [-0.1, -0.05) is 6.08 Å². The lowest BCUT2D eigenvalue weighted by Crippen LogP contribution is -2.36. The normalized spacial score (nSPS) is 12.1. The number of hydrazine groups is 1. The minimum Gasteiger partial charge on any atom is -0.385 e. The summed E-state index contributed by atoms with van der Waals surface area (Å²) in [4.78, 5) is 30.7. The maximum Gasteiger partial charge on any atom is 0.253 e. The third-order valence-electron chi connectivity index (χ3n) is 6.29. The van der Waals surface area contributed by atoms with Gasteiger partial charge in [0.05, 0.1) is 5.82 Å². The first-order valence-corrected chi connectivity index (χ1v) is 13.0. The molecule has 0 bridgehead atoms. The Balaban J connectivity index is 2.46. The fourth-order valence-electron chi connectivity index (χ4n) is 4.21. The van der Waals surface area contributed by atoms with Crippen LogP contribution in [0, 0.1) is 13.8 Å². The van der Waals surface area contributed by atoms with E-state index >= 15 is 0 Å². The van der Waals surface area contributed by atoms with E-state index in [2.05, 4.69) is 21.0 Å². The first kappa shape index (κ1) is 30.6. The van der Waals surface area contributed by atoms with Gasteiger partial charge in [-0.25, -0.2) is 0 Å². The molecule has 2 rings (SSSR count). The molecular formula is C28H44N8O2. The standard InChI is InChI=1S/C28H44N8O2/c1-7-36(11-10-33-31)26(30)9-8-18(4)21-13-22(23(15-29)25(14-21)34-17(2)3)27(37)32-16-24-19(5)12-20(6)35-28(24)38/h8-9,12-14,17,33-34H,7,10-11,15-16,29-31H2,1-6H3,(H,32,37)(H,35,38)/b18-8+,26-9+. The molecule has 10 heteroatoms. The van der Waals surface area contributed by atoms with Crippen molar-refractivity contribution in [1.29, 1.82) is 0 Å². The predicted octanol–water partition coefficient (Wildman–Crippen LogP) is 2.19. The zero-order chi connectivity index (χ0) is 28.4. The van der Waals surface area contributed by atoms with Crippen molar-refractivity contribution in [1.82, 2.24) is 20.6 Å². The molecular weight excluding hydrogens is 480 g/mol. The van der Waals surface area contributed by atoms with Gasteiger partial charge in [0.15, 0.2) is 0 Å². The SMILES string of the molecule is CCN(CCNN)/C(N)=C/C=C(\C)c1cc(NC(C)C)c(CN)c(C(=O)NCc2c(C)cc(C)[nH]c2=O)c1. The number of pyridine rings is 1. The van der Waals surface area contributed by atoms with Crippen molar-refractivity contribution in [3.8, 4) is 0 Å². The van der Waals surface area contributed by atoms with Gasteiger partial charge in [0.2, 0.25) is 0 Å². The van der Waals surface area contributed by atoms with E-state index in [9.17, 15) is 9.59 Å². The van der Waals surface area contributed by atoms with Crippen molar-refractivity contribution in [2.75, 3.05) is 25.0 Å². The number of allylic oxidation sites excluding steroid dienone is 3. The topological polar surface area (TPSA) is 167 Å². The largest absolute Gasteiger partial charge is 0.385 e. The number of hydrogen-bond acceptors (Lipinski definition) is 8. The van der Waals surface area contributed by atoms with Crippen LogP contribution in [-0.2, 0) is 13.1 Å². The smallest absolute Gasteiger partial charge is 0.253 e. The quantitative estimate of drug-likeness (QED) is 0.119. The molecule has 0 unspecified atom stereocenters. The molecule has 1 heterocycles. The van der Waals surface area contributed by atoms with Crippen LogP contribution in [0.1, 0.15) is 66.0 Å². The first-order valence-electron chi connectivity index (χ1n) is 13.0. The number of nitrogens with zero attached hydrogens (tertiary/aromatic N) is 1. The van der Waals surface area contributed by atoms with Crippen LogP contribution >= 0.6 is 0 Å². The van der Waals surface area contributed by atoms with Crippen LogP contribution < -0.4 is 38.9 Å². The second-order valence-corrected chi connectivity index (χ2v) is 9.65. The van der Waals surface area contributed by atoms with E-state index in [1.165, 1.54) is 0 Å². The Morgan fingerprint density at radius 1 is 1.16 bits per heavy atom. The highest BCUT2D eigenvalue weighted by molar-refractivity contribution is 5.98. The van der Waals surface area contributed by atoms with Crippen LogP contribution in [0.25, 0.3) is 5.57 Å². The Hall–Kier alpha value is -3.60. The van der Waals surface area contributed by atoms with E-state index in [0.717, 1.165) is 34.6 Å². The van der Waals surface area contributed by atoms with E-state index < -0.39 is 0 Å². The summed E-state index contributed by atoms with van der Waals surface area (Å²) in [5.74, 6) is 5.73. The summed E-state index contributed by atoms with van der Waals surface area (Å²) in [5, 5.41) is 6.33. The van der Waals surface area contributed by atoms with Crippen molar-refractivity contribution < 1.29 is 4.79 Å². The third kappa shape index (κ3) is 8.20. The van der Waals surface area contributed by atoms with Gasteiger partial charge in [-0.2, -0.15) is 0 Å². The van der Waals surface area contributed by atoms with Crippen LogP contribution in [-0.4, -0.2) is 41.5 Å². The van der Waals surface area contributed by atoms with Crippen molar-refractivity contribution >= 4 is 17.2 Å². The highest BCUT2D eigenvalue weighted by Gasteiger charge is 2.18. The van der Waals surface area contributed by atoms with Crippen LogP contribution in [0.4, 0.5) is 5.69 Å². The number of aromatic amines is 1. The molecule has 10 nitrogen and oxygen atoms in total. The number of hydrogen-bond donors (Lipinski definition) is 7. The van der Waals surface area contributed by atoms with Crippen molar-refractivity contribution in [2.24, 2.45) is 17.3 Å². The second-order valence-electron chi connectivity index (χ2n) is 9.65. The van der Waals surface area contributed by atoms with E-state index in [1.807, 2.05) is 76.8 Å². The molecule has 0 spiro atoms. The molecule has 0 fully saturated rings. The number of carbonyl (C=O) groups excluding carboxylic acids is 1. The Labute approximate surface area is 225 Å². The molecule has 0 saturated carbocycles. The molecule has 0 atom stereocenters. The Bertz CT molecular complexity index is 1230. The highest BCUT2D eigenvalue weighted by Crippen LogP contribution is 2.27. The minimum absolute atomic E-state index is 0.111. The fraction of sp³-hybridized carbons (Fsp3) is 0.429. The van der Waals surface area contributed by atoms with E-state index in [0.29, 0.717) is 35.6 Å². The number of nitrogens with two attached hydrogens (primary N) is 3. The number of aromatic nitrogens is 1. The number of H-pyrrole nitrogens is 1. The lowest BCUT2D eigenvalue weighted by molar-refractivity contribution is 0.0950. The number of aryl methyl sites for hydroxylation is 2. The monoisotopic (exact) mass is 524 g/mol. The van der Waals surface area contributed by atoms with Gasteiger partial charge >= 0.3 is 0 Å².